The van der Waals surface area contributed by atoms with Gasteiger partial charge in [-0.3, -0.25) is 0 Å². The Kier molecular flexibility index (Phi) is 4.84. The van der Waals surface area contributed by atoms with Gasteiger partial charge in [-0.1, -0.05) is 49.8 Å². The van der Waals surface area contributed by atoms with Crippen molar-refractivity contribution in [3.05, 3.63) is 88.4 Å². The Balaban J connectivity index is 1.98. The van der Waals surface area contributed by atoms with E-state index in [0.29, 0.717) is 5.56 Å². The maximum Gasteiger partial charge on any atom is 0.126 e. The zero-order valence-corrected chi connectivity index (χ0v) is 14.6. The zero-order chi connectivity index (χ0) is 17.1. The molecule has 24 heavy (non-hydrogen) atoms. The maximum atomic E-state index is 13.6. The van der Waals surface area contributed by atoms with Crippen LogP contribution in [0.1, 0.15) is 47.2 Å². The SMILES string of the molecule is CCCc1ccc(C2=CC=CNC2c2ccc(F)c(C)c2)cc1C. The van der Waals surface area contributed by atoms with Crippen LogP contribution in [0.3, 0.4) is 0 Å². The minimum Gasteiger partial charge on any atom is -0.380 e. The van der Waals surface area contributed by atoms with Crippen molar-refractivity contribution in [3.8, 4) is 0 Å². The lowest BCUT2D eigenvalue weighted by Crippen LogP contribution is -2.19. The number of allylic oxidation sites excluding steroid dienone is 2. The molecule has 0 aliphatic carbocycles. The first-order chi connectivity index (χ1) is 11.6. The van der Waals surface area contributed by atoms with Crippen LogP contribution in [-0.2, 0) is 6.42 Å². The summed E-state index contributed by atoms with van der Waals surface area (Å²) in [6.45, 7) is 6.20. The summed E-state index contributed by atoms with van der Waals surface area (Å²) in [6, 6.07) is 12.1. The monoisotopic (exact) mass is 321 g/mol. The van der Waals surface area contributed by atoms with Gasteiger partial charge in [0.1, 0.15) is 5.82 Å². The fourth-order valence-corrected chi connectivity index (χ4v) is 3.30. The molecule has 124 valence electrons. The Morgan fingerprint density at radius 2 is 1.88 bits per heavy atom. The second-order valence-electron chi connectivity index (χ2n) is 6.48. The van der Waals surface area contributed by atoms with E-state index < -0.39 is 0 Å². The highest BCUT2D eigenvalue weighted by Gasteiger charge is 2.19. The molecule has 0 aromatic heterocycles. The van der Waals surface area contributed by atoms with Crippen molar-refractivity contribution in [2.75, 3.05) is 0 Å². The number of hydrogen-bond donors (Lipinski definition) is 1. The highest BCUT2D eigenvalue weighted by atomic mass is 19.1. The molecule has 0 bridgehead atoms. The quantitative estimate of drug-likeness (QED) is 0.769. The molecule has 1 unspecified atom stereocenters. The van der Waals surface area contributed by atoms with Gasteiger partial charge in [0, 0.05) is 0 Å². The first kappa shape index (κ1) is 16.5. The number of benzene rings is 2. The first-order valence-electron chi connectivity index (χ1n) is 8.59. The number of halogens is 1. The molecule has 1 N–H and O–H groups in total. The smallest absolute Gasteiger partial charge is 0.126 e. The van der Waals surface area contributed by atoms with Crippen LogP contribution in [0.25, 0.3) is 5.57 Å². The van der Waals surface area contributed by atoms with Gasteiger partial charge in [0.05, 0.1) is 6.04 Å². The van der Waals surface area contributed by atoms with E-state index in [0.717, 1.165) is 18.4 Å². The Morgan fingerprint density at radius 3 is 2.58 bits per heavy atom. The normalized spacial score (nSPS) is 16.7. The summed E-state index contributed by atoms with van der Waals surface area (Å²) in [5.41, 5.74) is 6.94. The van der Waals surface area contributed by atoms with Crippen molar-refractivity contribution in [1.82, 2.24) is 5.32 Å². The Bertz CT molecular complexity index is 802. The molecule has 1 nitrogen and oxygen atoms in total. The fourth-order valence-electron chi connectivity index (χ4n) is 3.30. The average molecular weight is 321 g/mol. The van der Waals surface area contributed by atoms with Crippen LogP contribution in [0.4, 0.5) is 4.39 Å². The molecule has 0 amide bonds. The lowest BCUT2D eigenvalue weighted by molar-refractivity contribution is 0.616. The van der Waals surface area contributed by atoms with Gasteiger partial charge in [-0.25, -0.2) is 4.39 Å². The lowest BCUT2D eigenvalue weighted by Gasteiger charge is -2.25. The van der Waals surface area contributed by atoms with Gasteiger partial charge in [-0.15, -0.1) is 0 Å². The van der Waals surface area contributed by atoms with E-state index in [4.69, 9.17) is 0 Å². The summed E-state index contributed by atoms with van der Waals surface area (Å²) in [5.74, 6) is -0.157. The summed E-state index contributed by atoms with van der Waals surface area (Å²) in [7, 11) is 0. The van der Waals surface area contributed by atoms with Crippen molar-refractivity contribution in [3.63, 3.8) is 0 Å². The van der Waals surface area contributed by atoms with Crippen LogP contribution < -0.4 is 5.32 Å². The molecule has 0 saturated carbocycles. The first-order valence-corrected chi connectivity index (χ1v) is 8.59. The van der Waals surface area contributed by atoms with Crippen LogP contribution >= 0.6 is 0 Å². The van der Waals surface area contributed by atoms with E-state index in [2.05, 4.69) is 43.4 Å². The number of dihydropyridines is 1. The minimum atomic E-state index is -0.157. The molecule has 2 heteroatoms. The molecule has 0 radical (unpaired) electrons. The van der Waals surface area contributed by atoms with Gasteiger partial charge in [-0.2, -0.15) is 0 Å². The lowest BCUT2D eigenvalue weighted by atomic mass is 9.88. The minimum absolute atomic E-state index is 0.0470. The van der Waals surface area contributed by atoms with Crippen molar-refractivity contribution >= 4 is 5.57 Å². The molecule has 1 atom stereocenters. The summed E-state index contributed by atoms with van der Waals surface area (Å²) in [6.07, 6.45) is 8.39. The third kappa shape index (κ3) is 3.28. The van der Waals surface area contributed by atoms with Gasteiger partial charge in [0.25, 0.3) is 0 Å². The molecule has 1 heterocycles. The summed E-state index contributed by atoms with van der Waals surface area (Å²) >= 11 is 0. The van der Waals surface area contributed by atoms with Crippen molar-refractivity contribution < 1.29 is 4.39 Å². The summed E-state index contributed by atoms with van der Waals surface area (Å²) < 4.78 is 13.6. The van der Waals surface area contributed by atoms with Gasteiger partial charge >= 0.3 is 0 Å². The third-order valence-corrected chi connectivity index (χ3v) is 4.66. The van der Waals surface area contributed by atoms with Crippen molar-refractivity contribution in [1.29, 1.82) is 0 Å². The second kappa shape index (κ2) is 7.04. The van der Waals surface area contributed by atoms with Crippen LogP contribution in [0, 0.1) is 19.7 Å². The van der Waals surface area contributed by atoms with Gasteiger partial charge in [0.2, 0.25) is 0 Å². The fraction of sp³-hybridized carbons (Fsp3) is 0.273. The molecular formula is C22H24FN. The molecule has 0 fully saturated rings. The number of nitrogens with one attached hydrogen (secondary N) is 1. The van der Waals surface area contributed by atoms with Crippen LogP contribution in [0.2, 0.25) is 0 Å². The number of rotatable bonds is 4. The maximum absolute atomic E-state index is 13.6. The average Bonchev–Trinajstić information content (AvgIpc) is 2.59. The van der Waals surface area contributed by atoms with E-state index in [-0.39, 0.29) is 11.9 Å². The van der Waals surface area contributed by atoms with Crippen molar-refractivity contribution in [2.24, 2.45) is 0 Å². The third-order valence-electron chi connectivity index (χ3n) is 4.66. The second-order valence-corrected chi connectivity index (χ2v) is 6.48. The molecule has 2 aromatic carbocycles. The van der Waals surface area contributed by atoms with Crippen LogP contribution in [0.15, 0.2) is 54.8 Å². The van der Waals surface area contributed by atoms with E-state index >= 15 is 0 Å². The Hall–Kier alpha value is -2.35. The Labute approximate surface area is 143 Å². The van der Waals surface area contributed by atoms with E-state index in [1.807, 2.05) is 31.3 Å². The zero-order valence-electron chi connectivity index (χ0n) is 14.6. The van der Waals surface area contributed by atoms with Crippen LogP contribution in [0.5, 0.6) is 0 Å². The summed E-state index contributed by atoms with van der Waals surface area (Å²) in [5, 5.41) is 3.42. The molecule has 2 aromatic rings. The molecule has 3 rings (SSSR count). The molecule has 1 aliphatic rings. The van der Waals surface area contributed by atoms with Gasteiger partial charge in [0.15, 0.2) is 0 Å². The molecule has 1 aliphatic heterocycles. The number of aryl methyl sites for hydroxylation is 3. The largest absolute Gasteiger partial charge is 0.380 e. The van der Waals surface area contributed by atoms with Gasteiger partial charge < -0.3 is 5.32 Å². The predicted molar refractivity (Wildman–Crippen MR) is 99.3 cm³/mol. The van der Waals surface area contributed by atoms with Crippen molar-refractivity contribution in [2.45, 2.75) is 39.7 Å². The topological polar surface area (TPSA) is 12.0 Å². The van der Waals surface area contributed by atoms with Gasteiger partial charge in [-0.05, 0) is 72.0 Å². The summed E-state index contributed by atoms with van der Waals surface area (Å²) in [4.78, 5) is 0. The highest BCUT2D eigenvalue weighted by molar-refractivity contribution is 5.74. The van der Waals surface area contributed by atoms with E-state index in [1.54, 1.807) is 6.07 Å². The van der Waals surface area contributed by atoms with Crippen LogP contribution in [-0.4, -0.2) is 0 Å². The molecule has 0 spiro atoms. The molecule has 0 saturated heterocycles. The predicted octanol–water partition coefficient (Wildman–Crippen LogP) is 5.64. The molecular weight excluding hydrogens is 297 g/mol. The van der Waals surface area contributed by atoms with E-state index in [1.165, 1.54) is 22.3 Å². The number of hydrogen-bond acceptors (Lipinski definition) is 1. The van der Waals surface area contributed by atoms with E-state index in [9.17, 15) is 4.39 Å². The highest BCUT2D eigenvalue weighted by Crippen LogP contribution is 2.33. The Morgan fingerprint density at radius 1 is 1.04 bits per heavy atom. The standard InChI is InChI=1S/C22H24FN/c1-4-6-17-8-9-18(13-15(17)2)20-7-5-12-24-22(20)19-10-11-21(23)16(3)14-19/h5,7-14,22,24H,4,6H2,1-3H3.